The quantitative estimate of drug-likeness (QED) is 0.214. The molecule has 0 aromatic heterocycles. The van der Waals surface area contributed by atoms with E-state index in [1.54, 1.807) is 20.8 Å². The zero-order valence-corrected chi connectivity index (χ0v) is 27.4. The molecule has 4 atom stereocenters. The molecule has 0 aliphatic carbocycles. The molecule has 1 aliphatic rings. The summed E-state index contributed by atoms with van der Waals surface area (Å²) in [5.41, 5.74) is -1.33. The molecule has 1 aliphatic heterocycles. The lowest BCUT2D eigenvalue weighted by Crippen LogP contribution is -2.59. The summed E-state index contributed by atoms with van der Waals surface area (Å²) in [7, 11) is 0. The van der Waals surface area contributed by atoms with E-state index in [0.717, 1.165) is 0 Å². The Kier molecular flexibility index (Phi) is 14.1. The van der Waals surface area contributed by atoms with Gasteiger partial charge in [0.25, 0.3) is 5.91 Å². The third-order valence-corrected chi connectivity index (χ3v) is 6.58. The number of hydrogen-bond acceptors (Lipinski definition) is 8. The van der Waals surface area contributed by atoms with Gasteiger partial charge in [-0.3, -0.25) is 24.0 Å². The number of alkyl carbamates (subject to hydrolysis) is 1. The Hall–Kier alpha value is -3.22. The van der Waals surface area contributed by atoms with Crippen LogP contribution in [0.25, 0.3) is 0 Å². The molecule has 246 valence electrons. The van der Waals surface area contributed by atoms with E-state index in [0.29, 0.717) is 6.42 Å². The molecule has 0 radical (unpaired) electrons. The standard InChI is InChI=1S/C30H52N4O9/c1-17(2)11-12-20(23(37)26(39)31-14-22(35)36)32-25(38)21-13-19(43-30(8,9)10)15-34(21)27(40)24(29(5,6)7)33-28(41)42-16-18(3)4/h17-21,24H,11-16H2,1-10H3,(H,31,39)(H,32,38)(H,33,41)(H,35,36)/t19-,20?,21+,24-/m1/s1. The molecule has 1 unspecified atom stereocenters. The molecule has 43 heavy (non-hydrogen) atoms. The molecule has 0 spiro atoms. The number of ketones is 1. The van der Waals surface area contributed by atoms with Gasteiger partial charge in [0.2, 0.25) is 17.6 Å². The second kappa shape index (κ2) is 16.0. The van der Waals surface area contributed by atoms with Crippen LogP contribution in [0.4, 0.5) is 4.79 Å². The van der Waals surface area contributed by atoms with Crippen LogP contribution in [0.3, 0.4) is 0 Å². The maximum atomic E-state index is 14.0. The van der Waals surface area contributed by atoms with E-state index >= 15 is 0 Å². The summed E-state index contributed by atoms with van der Waals surface area (Å²) in [6.45, 7) is 18.0. The Morgan fingerprint density at radius 2 is 1.51 bits per heavy atom. The molecule has 1 fully saturated rings. The van der Waals surface area contributed by atoms with Crippen molar-refractivity contribution in [3.05, 3.63) is 0 Å². The van der Waals surface area contributed by atoms with Crippen LogP contribution in [0, 0.1) is 17.3 Å². The van der Waals surface area contributed by atoms with Crippen LogP contribution >= 0.6 is 0 Å². The minimum atomic E-state index is -1.32. The maximum Gasteiger partial charge on any atom is 0.407 e. The van der Waals surface area contributed by atoms with Gasteiger partial charge in [-0.05, 0) is 50.9 Å². The number of Topliss-reactive ketones (excluding diaryl/α,β-unsaturated/α-hetero) is 1. The van der Waals surface area contributed by atoms with Gasteiger partial charge in [-0.1, -0.05) is 48.5 Å². The molecule has 13 heteroatoms. The predicted octanol–water partition coefficient (Wildman–Crippen LogP) is 2.26. The van der Waals surface area contributed by atoms with Gasteiger partial charge in [-0.25, -0.2) is 4.79 Å². The van der Waals surface area contributed by atoms with Crippen LogP contribution in [-0.4, -0.2) is 95.1 Å². The molecule has 4 N–H and O–H groups in total. The van der Waals surface area contributed by atoms with Crippen LogP contribution in [0.1, 0.15) is 88.5 Å². The molecule has 1 saturated heterocycles. The Labute approximate surface area is 255 Å². The monoisotopic (exact) mass is 612 g/mol. The van der Waals surface area contributed by atoms with E-state index < -0.39 is 77.4 Å². The number of rotatable bonds is 14. The third kappa shape index (κ3) is 13.3. The number of amides is 4. The lowest BCUT2D eigenvalue weighted by atomic mass is 9.85. The minimum Gasteiger partial charge on any atom is -0.480 e. The van der Waals surface area contributed by atoms with Crippen LogP contribution in [-0.2, 0) is 33.4 Å². The summed E-state index contributed by atoms with van der Waals surface area (Å²) in [6, 6.07) is -3.34. The van der Waals surface area contributed by atoms with E-state index in [4.69, 9.17) is 14.6 Å². The number of aliphatic carboxylic acids is 1. The van der Waals surface area contributed by atoms with Gasteiger partial charge in [-0.2, -0.15) is 0 Å². The fourth-order valence-corrected chi connectivity index (χ4v) is 4.53. The molecule has 1 heterocycles. The normalized spacial score (nSPS) is 18.7. The molecule has 0 saturated carbocycles. The molecule has 1 rings (SSSR count). The highest BCUT2D eigenvalue weighted by Gasteiger charge is 2.47. The first kappa shape index (κ1) is 37.8. The van der Waals surface area contributed by atoms with Crippen molar-refractivity contribution in [1.82, 2.24) is 20.9 Å². The zero-order chi connectivity index (χ0) is 33.3. The number of hydrogen-bond donors (Lipinski definition) is 4. The summed E-state index contributed by atoms with van der Waals surface area (Å²) in [5, 5.41) is 16.2. The van der Waals surface area contributed by atoms with Crippen molar-refractivity contribution in [1.29, 1.82) is 0 Å². The highest BCUT2D eigenvalue weighted by Crippen LogP contribution is 2.29. The molecular weight excluding hydrogens is 560 g/mol. The van der Waals surface area contributed by atoms with Crippen LogP contribution in [0.15, 0.2) is 0 Å². The summed E-state index contributed by atoms with van der Waals surface area (Å²) in [4.78, 5) is 77.9. The Balaban J connectivity index is 3.33. The predicted molar refractivity (Wildman–Crippen MR) is 159 cm³/mol. The van der Waals surface area contributed by atoms with Crippen molar-refractivity contribution in [2.45, 2.75) is 118 Å². The molecule has 0 bridgehead atoms. The second-order valence-corrected chi connectivity index (χ2v) is 14.0. The average Bonchev–Trinajstić information content (AvgIpc) is 3.27. The highest BCUT2D eigenvalue weighted by atomic mass is 16.5. The van der Waals surface area contributed by atoms with Crippen LogP contribution in [0.2, 0.25) is 0 Å². The lowest BCUT2D eigenvalue weighted by molar-refractivity contribution is -0.144. The highest BCUT2D eigenvalue weighted by molar-refractivity contribution is 6.38. The summed E-state index contributed by atoms with van der Waals surface area (Å²) >= 11 is 0. The molecule has 13 nitrogen and oxygen atoms in total. The first-order chi connectivity index (χ1) is 19.6. The minimum absolute atomic E-state index is 0.0627. The van der Waals surface area contributed by atoms with Gasteiger partial charge in [0.15, 0.2) is 0 Å². The fourth-order valence-electron chi connectivity index (χ4n) is 4.53. The van der Waals surface area contributed by atoms with E-state index in [1.807, 2.05) is 53.8 Å². The number of ether oxygens (including phenoxy) is 2. The number of carboxylic acid groups (broad SMARTS) is 1. The van der Waals surface area contributed by atoms with Crippen molar-refractivity contribution >= 4 is 35.6 Å². The van der Waals surface area contributed by atoms with Gasteiger partial charge in [0.1, 0.15) is 18.6 Å². The molecular formula is C30H52N4O9. The summed E-state index contributed by atoms with van der Waals surface area (Å²) in [6.07, 6.45) is -0.507. The Morgan fingerprint density at radius 1 is 0.907 bits per heavy atom. The second-order valence-electron chi connectivity index (χ2n) is 14.0. The van der Waals surface area contributed by atoms with Gasteiger partial charge < -0.3 is 35.4 Å². The van der Waals surface area contributed by atoms with Crippen molar-refractivity contribution in [2.24, 2.45) is 17.3 Å². The zero-order valence-electron chi connectivity index (χ0n) is 27.4. The van der Waals surface area contributed by atoms with E-state index in [9.17, 15) is 28.8 Å². The first-order valence-electron chi connectivity index (χ1n) is 14.9. The first-order valence-corrected chi connectivity index (χ1v) is 14.9. The average molecular weight is 613 g/mol. The van der Waals surface area contributed by atoms with Crippen LogP contribution in [0.5, 0.6) is 0 Å². The Morgan fingerprint density at radius 3 is 2.00 bits per heavy atom. The molecule has 0 aromatic carbocycles. The van der Waals surface area contributed by atoms with Gasteiger partial charge in [0, 0.05) is 13.0 Å². The number of carbonyl (C=O) groups excluding carboxylic acids is 5. The van der Waals surface area contributed by atoms with E-state index in [1.165, 1.54) is 4.90 Å². The molecule has 0 aromatic rings. The van der Waals surface area contributed by atoms with Crippen molar-refractivity contribution in [2.75, 3.05) is 19.7 Å². The largest absolute Gasteiger partial charge is 0.480 e. The number of nitrogens with zero attached hydrogens (tertiary/aromatic N) is 1. The van der Waals surface area contributed by atoms with Crippen molar-refractivity contribution in [3.8, 4) is 0 Å². The number of likely N-dealkylation sites (tertiary alicyclic amines) is 1. The van der Waals surface area contributed by atoms with Gasteiger partial charge in [-0.15, -0.1) is 0 Å². The number of carbonyl (C=O) groups is 6. The van der Waals surface area contributed by atoms with Gasteiger partial charge in [0.05, 0.1) is 24.4 Å². The third-order valence-electron chi connectivity index (χ3n) is 6.58. The smallest absolute Gasteiger partial charge is 0.407 e. The number of carboxylic acids is 1. The van der Waals surface area contributed by atoms with Crippen LogP contribution < -0.4 is 16.0 Å². The number of nitrogens with one attached hydrogen (secondary N) is 3. The summed E-state index contributed by atoms with van der Waals surface area (Å²) in [5.74, 6) is -4.34. The summed E-state index contributed by atoms with van der Waals surface area (Å²) < 4.78 is 11.4. The van der Waals surface area contributed by atoms with Gasteiger partial charge >= 0.3 is 12.1 Å². The molecule has 4 amide bonds. The Bertz CT molecular complexity index is 1010. The maximum absolute atomic E-state index is 14.0. The van der Waals surface area contributed by atoms with Crippen molar-refractivity contribution < 1.29 is 43.3 Å². The van der Waals surface area contributed by atoms with E-state index in [-0.39, 0.29) is 37.8 Å². The lowest BCUT2D eigenvalue weighted by Gasteiger charge is -2.35. The fraction of sp³-hybridized carbons (Fsp3) is 0.800. The SMILES string of the molecule is CC(C)CCC(NC(=O)[C@@H]1C[C@@H](OC(C)(C)C)CN1C(=O)[C@@H](NC(=O)OCC(C)C)C(C)(C)C)C(=O)C(=O)NCC(=O)O. The van der Waals surface area contributed by atoms with Crippen molar-refractivity contribution in [3.63, 3.8) is 0 Å². The topological polar surface area (TPSA) is 180 Å². The van der Waals surface area contributed by atoms with E-state index in [2.05, 4.69) is 10.6 Å².